The van der Waals surface area contributed by atoms with Gasteiger partial charge in [0.15, 0.2) is 0 Å². The maximum absolute atomic E-state index is 12.0. The van der Waals surface area contributed by atoms with Crippen LogP contribution in [0, 0.1) is 5.31 Å². The molecule has 1 amide bonds. The fraction of sp³-hybridized carbons (Fsp3) is 0.412. The molecule has 2 aromatic rings. The van der Waals surface area contributed by atoms with E-state index in [4.69, 9.17) is 10.0 Å². The second kappa shape index (κ2) is 9.06. The van der Waals surface area contributed by atoms with Gasteiger partial charge in [0.1, 0.15) is 0 Å². The molecule has 0 aliphatic heterocycles. The predicted molar refractivity (Wildman–Crippen MR) is 97.0 cm³/mol. The second-order valence-corrected chi connectivity index (χ2v) is 6.85. The molecule has 0 radical (unpaired) electrons. The van der Waals surface area contributed by atoms with E-state index in [0.29, 0.717) is 19.5 Å². The standard InChI is InChI=1S/C17H22BN5O4/c1-17(2,3)26-16(25)20-14(15(24)27-18-19)9-13-11-23(22-21-13)10-12-7-5-4-6-8-12/h4-8,11,14,19H,9-10H2,1-3H3,(H,20,25)/t14-/m0/s1. The number of carbonyl (C=O) groups excluding carboxylic acids is 2. The van der Waals surface area contributed by atoms with Crippen molar-refractivity contribution in [3.63, 3.8) is 0 Å². The van der Waals surface area contributed by atoms with Gasteiger partial charge in [0.25, 0.3) is 0 Å². The Labute approximate surface area is 157 Å². The summed E-state index contributed by atoms with van der Waals surface area (Å²) in [6, 6.07) is 8.68. The van der Waals surface area contributed by atoms with Gasteiger partial charge in [-0.05, 0) is 0 Å². The zero-order valence-corrected chi connectivity index (χ0v) is 15.5. The zero-order chi connectivity index (χ0) is 19.9. The summed E-state index contributed by atoms with van der Waals surface area (Å²) in [5.41, 5.74) is 0.841. The van der Waals surface area contributed by atoms with Gasteiger partial charge in [0.05, 0.1) is 0 Å². The van der Waals surface area contributed by atoms with Crippen LogP contribution in [0.5, 0.6) is 0 Å². The average Bonchev–Trinajstić information content (AvgIpc) is 3.00. The number of rotatable bonds is 7. The first-order valence-corrected chi connectivity index (χ1v) is 8.39. The molecule has 2 N–H and O–H groups in total. The number of amides is 1. The molecule has 1 aromatic carbocycles. The molecule has 1 atom stereocenters. The monoisotopic (exact) mass is 371 g/mol. The van der Waals surface area contributed by atoms with Gasteiger partial charge in [-0.3, -0.25) is 0 Å². The number of nitrogens with one attached hydrogen (secondary N) is 2. The fourth-order valence-corrected chi connectivity index (χ4v) is 2.27. The van der Waals surface area contributed by atoms with Crippen LogP contribution in [-0.4, -0.2) is 46.0 Å². The van der Waals surface area contributed by atoms with E-state index in [1.807, 2.05) is 30.3 Å². The van der Waals surface area contributed by atoms with Crippen LogP contribution in [0.25, 0.3) is 0 Å². The summed E-state index contributed by atoms with van der Waals surface area (Å²) >= 11 is 0. The van der Waals surface area contributed by atoms with Crippen molar-refractivity contribution in [1.82, 2.24) is 20.3 Å². The van der Waals surface area contributed by atoms with Crippen LogP contribution in [0.4, 0.5) is 4.79 Å². The van der Waals surface area contributed by atoms with Gasteiger partial charge in [0, 0.05) is 0 Å². The third-order valence-electron chi connectivity index (χ3n) is 3.34. The van der Waals surface area contributed by atoms with E-state index >= 15 is 0 Å². The number of hydrogen-bond acceptors (Lipinski definition) is 7. The van der Waals surface area contributed by atoms with Gasteiger partial charge in [-0.15, -0.1) is 0 Å². The van der Waals surface area contributed by atoms with Crippen LogP contribution in [0.3, 0.4) is 0 Å². The van der Waals surface area contributed by atoms with Gasteiger partial charge in [-0.2, -0.15) is 0 Å². The summed E-state index contributed by atoms with van der Waals surface area (Å²) < 4.78 is 11.4. The predicted octanol–water partition coefficient (Wildman–Crippen LogP) is 1.69. The van der Waals surface area contributed by atoms with Gasteiger partial charge < -0.3 is 0 Å². The number of aromatic nitrogens is 3. The first kappa shape index (κ1) is 20.3. The van der Waals surface area contributed by atoms with Crippen molar-refractivity contribution in [2.45, 2.75) is 45.4 Å². The van der Waals surface area contributed by atoms with Crippen molar-refractivity contribution in [2.75, 3.05) is 0 Å². The number of benzene rings is 1. The van der Waals surface area contributed by atoms with E-state index in [9.17, 15) is 9.59 Å². The first-order chi connectivity index (χ1) is 12.8. The number of alkyl carbamates (subject to hydrolysis) is 1. The molecule has 0 saturated heterocycles. The molecule has 0 unspecified atom stereocenters. The zero-order valence-electron chi connectivity index (χ0n) is 15.5. The van der Waals surface area contributed by atoms with Crippen LogP contribution in [-0.2, 0) is 27.2 Å². The van der Waals surface area contributed by atoms with Crippen LogP contribution in [0.2, 0.25) is 0 Å². The van der Waals surface area contributed by atoms with Crippen LogP contribution >= 0.6 is 0 Å². The molecule has 0 fully saturated rings. The molecule has 27 heavy (non-hydrogen) atoms. The minimum atomic E-state index is -1.05. The van der Waals surface area contributed by atoms with E-state index in [-0.39, 0.29) is 6.42 Å². The molecule has 1 heterocycles. The van der Waals surface area contributed by atoms with Gasteiger partial charge >= 0.3 is 157 Å². The fourth-order valence-electron chi connectivity index (χ4n) is 2.27. The molecule has 10 heteroatoms. The van der Waals surface area contributed by atoms with E-state index in [1.165, 1.54) is 0 Å². The van der Waals surface area contributed by atoms with Gasteiger partial charge in [-0.1, -0.05) is 0 Å². The summed E-state index contributed by atoms with van der Waals surface area (Å²) in [5.74, 6) is -0.784. The third kappa shape index (κ3) is 7.00. The van der Waals surface area contributed by atoms with Crippen molar-refractivity contribution < 1.29 is 19.0 Å². The molecule has 0 aliphatic carbocycles. The quantitative estimate of drug-likeness (QED) is 0.715. The molecule has 0 bridgehead atoms. The topological polar surface area (TPSA) is 119 Å². The third-order valence-corrected chi connectivity index (χ3v) is 3.34. The Hall–Kier alpha value is -3.04. The maximum atomic E-state index is 12.0. The van der Waals surface area contributed by atoms with E-state index in [0.717, 1.165) is 5.56 Å². The van der Waals surface area contributed by atoms with Crippen molar-refractivity contribution in [1.29, 1.82) is 5.31 Å². The van der Waals surface area contributed by atoms with E-state index in [1.54, 1.807) is 31.6 Å². The summed E-state index contributed by atoms with van der Waals surface area (Å²) in [7, 11) is 0.512. The Kier molecular flexibility index (Phi) is 6.81. The molecule has 0 spiro atoms. The summed E-state index contributed by atoms with van der Waals surface area (Å²) in [6.07, 6.45) is 0.987. The Morgan fingerprint density at radius 3 is 2.63 bits per heavy atom. The summed E-state index contributed by atoms with van der Waals surface area (Å²) in [4.78, 5) is 24.0. The molecular formula is C17H22BN5O4. The second-order valence-electron chi connectivity index (χ2n) is 6.85. The van der Waals surface area contributed by atoms with Gasteiger partial charge in [0.2, 0.25) is 0 Å². The number of carbonyl (C=O) groups is 2. The molecule has 142 valence electrons. The number of ether oxygens (including phenoxy) is 1. The first-order valence-electron chi connectivity index (χ1n) is 8.39. The molecular weight excluding hydrogens is 349 g/mol. The Morgan fingerprint density at radius 2 is 2.00 bits per heavy atom. The molecule has 9 nitrogen and oxygen atoms in total. The number of hydrogen-bond donors (Lipinski definition) is 2. The number of nitrogens with zero attached hydrogens (tertiary/aromatic N) is 3. The van der Waals surface area contributed by atoms with Crippen molar-refractivity contribution in [2.24, 2.45) is 0 Å². The van der Waals surface area contributed by atoms with Crippen molar-refractivity contribution >= 4 is 19.3 Å². The summed E-state index contributed by atoms with van der Waals surface area (Å²) in [6.45, 7) is 5.68. The SMILES string of the molecule is CC(C)(C)OC(=O)N[C@@H](Cc1cn(Cc2ccccc2)nn1)C(=O)OB=N. The summed E-state index contributed by atoms with van der Waals surface area (Å²) in [5, 5.41) is 17.4. The normalized spacial score (nSPS) is 12.0. The Bertz CT molecular complexity index is 788. The molecule has 0 aliphatic rings. The van der Waals surface area contributed by atoms with Crippen molar-refractivity contribution in [3.8, 4) is 0 Å². The van der Waals surface area contributed by atoms with Gasteiger partial charge in [-0.25, -0.2) is 0 Å². The average molecular weight is 371 g/mol. The molecule has 1 aromatic heterocycles. The van der Waals surface area contributed by atoms with Crippen LogP contribution in [0.15, 0.2) is 36.5 Å². The van der Waals surface area contributed by atoms with E-state index in [2.05, 4.69) is 20.3 Å². The Morgan fingerprint density at radius 1 is 1.30 bits per heavy atom. The van der Waals surface area contributed by atoms with Crippen molar-refractivity contribution in [3.05, 3.63) is 47.8 Å². The molecule has 2 rings (SSSR count). The van der Waals surface area contributed by atoms with Crippen LogP contribution < -0.4 is 5.32 Å². The Balaban J connectivity index is 2.05. The minimum absolute atomic E-state index is 0.0563. The van der Waals surface area contributed by atoms with E-state index < -0.39 is 23.7 Å². The van der Waals surface area contributed by atoms with Crippen LogP contribution in [0.1, 0.15) is 32.0 Å². The molecule has 0 saturated carbocycles.